The molecule has 6 nitrogen and oxygen atoms in total. The van der Waals surface area contributed by atoms with Crippen LogP contribution in [0, 0.1) is 6.92 Å². The molecule has 0 saturated heterocycles. The van der Waals surface area contributed by atoms with E-state index in [4.69, 9.17) is 0 Å². The van der Waals surface area contributed by atoms with Crippen LogP contribution >= 0.6 is 15.9 Å². The van der Waals surface area contributed by atoms with Crippen LogP contribution in [0.15, 0.2) is 21.7 Å². The van der Waals surface area contributed by atoms with Gasteiger partial charge in [0.05, 0.1) is 18.1 Å². The Labute approximate surface area is 132 Å². The van der Waals surface area contributed by atoms with Crippen molar-refractivity contribution >= 4 is 21.6 Å². The van der Waals surface area contributed by atoms with Crippen LogP contribution in [0.2, 0.25) is 0 Å². The molecule has 21 heavy (non-hydrogen) atoms. The number of nitrogens with one attached hydrogen (secondary N) is 2. The van der Waals surface area contributed by atoms with E-state index in [0.717, 1.165) is 37.2 Å². The van der Waals surface area contributed by atoms with E-state index in [-0.39, 0.29) is 5.56 Å². The monoisotopic (exact) mass is 353 g/mol. The van der Waals surface area contributed by atoms with Crippen LogP contribution in [-0.4, -0.2) is 26.5 Å². The molecular formula is C14H20BrN5O. The second kappa shape index (κ2) is 7.40. The molecule has 0 radical (unpaired) electrons. The molecule has 0 saturated carbocycles. The van der Waals surface area contributed by atoms with Crippen LogP contribution < -0.4 is 10.9 Å². The summed E-state index contributed by atoms with van der Waals surface area (Å²) >= 11 is 3.35. The highest BCUT2D eigenvalue weighted by Gasteiger charge is 2.08. The number of nitrogens with zero attached hydrogens (tertiary/aromatic N) is 3. The first-order chi connectivity index (χ1) is 10.1. The minimum Gasteiger partial charge on any atom is -0.383 e. The molecule has 0 bridgehead atoms. The van der Waals surface area contributed by atoms with Gasteiger partial charge in [0.1, 0.15) is 4.47 Å². The predicted octanol–water partition coefficient (Wildman–Crippen LogP) is 2.49. The molecule has 0 aliphatic carbocycles. The Kier molecular flexibility index (Phi) is 5.55. The smallest absolute Gasteiger partial charge is 0.283 e. The summed E-state index contributed by atoms with van der Waals surface area (Å²) < 4.78 is 2.02. The SMILES string of the molecule is CCCn1ncc(NCCCc2cn[nH]c2C)c(Br)c1=O. The van der Waals surface area contributed by atoms with Gasteiger partial charge in [-0.1, -0.05) is 6.92 Å². The van der Waals surface area contributed by atoms with Crippen LogP contribution in [0.5, 0.6) is 0 Å². The van der Waals surface area contributed by atoms with Crippen molar-refractivity contribution in [1.29, 1.82) is 0 Å². The Hall–Kier alpha value is -1.63. The molecule has 2 aromatic rings. The van der Waals surface area contributed by atoms with Gasteiger partial charge in [-0.25, -0.2) is 4.68 Å². The summed E-state index contributed by atoms with van der Waals surface area (Å²) in [5.74, 6) is 0. The summed E-state index contributed by atoms with van der Waals surface area (Å²) in [4.78, 5) is 12.0. The Morgan fingerprint density at radius 2 is 2.24 bits per heavy atom. The molecule has 114 valence electrons. The Balaban J connectivity index is 1.90. The van der Waals surface area contributed by atoms with Crippen molar-refractivity contribution in [3.63, 3.8) is 0 Å². The lowest BCUT2D eigenvalue weighted by Gasteiger charge is -2.09. The van der Waals surface area contributed by atoms with Gasteiger partial charge in [-0.05, 0) is 47.7 Å². The molecule has 7 heteroatoms. The maximum absolute atomic E-state index is 12.0. The van der Waals surface area contributed by atoms with Crippen LogP contribution in [0.1, 0.15) is 31.0 Å². The molecular weight excluding hydrogens is 334 g/mol. The molecule has 0 fully saturated rings. The first-order valence-electron chi connectivity index (χ1n) is 7.11. The first-order valence-corrected chi connectivity index (χ1v) is 7.91. The number of halogens is 1. The summed E-state index contributed by atoms with van der Waals surface area (Å²) in [7, 11) is 0. The lowest BCUT2D eigenvalue weighted by molar-refractivity contribution is 0.566. The Morgan fingerprint density at radius 1 is 1.43 bits per heavy atom. The standard InChI is InChI=1S/C14H20BrN5O/c1-3-7-20-14(21)13(15)12(9-18-20)16-6-4-5-11-8-17-19-10(11)2/h8-9,16H,3-7H2,1-2H3,(H,17,19). The van der Waals surface area contributed by atoms with Gasteiger partial charge >= 0.3 is 0 Å². The number of H-pyrrole nitrogens is 1. The van der Waals surface area contributed by atoms with Gasteiger partial charge in [-0.15, -0.1) is 0 Å². The van der Waals surface area contributed by atoms with Crippen molar-refractivity contribution in [2.75, 3.05) is 11.9 Å². The summed E-state index contributed by atoms with van der Waals surface area (Å²) in [6.07, 6.45) is 6.36. The average molecular weight is 354 g/mol. The Morgan fingerprint density at radius 3 is 2.90 bits per heavy atom. The van der Waals surface area contributed by atoms with E-state index in [1.54, 1.807) is 6.20 Å². The van der Waals surface area contributed by atoms with Gasteiger partial charge in [-0.3, -0.25) is 9.89 Å². The predicted molar refractivity (Wildman–Crippen MR) is 86.6 cm³/mol. The van der Waals surface area contributed by atoms with Gasteiger partial charge < -0.3 is 5.32 Å². The van der Waals surface area contributed by atoms with Gasteiger partial charge in [0, 0.05) is 18.8 Å². The largest absolute Gasteiger partial charge is 0.383 e. The molecule has 2 rings (SSSR count). The number of anilines is 1. The number of rotatable bonds is 7. The highest BCUT2D eigenvalue weighted by Crippen LogP contribution is 2.16. The number of aromatic nitrogens is 4. The van der Waals surface area contributed by atoms with E-state index in [0.29, 0.717) is 11.0 Å². The lowest BCUT2D eigenvalue weighted by atomic mass is 10.1. The zero-order valence-electron chi connectivity index (χ0n) is 12.3. The molecule has 0 atom stereocenters. The van der Waals surface area contributed by atoms with E-state index in [1.807, 2.05) is 20.0 Å². The number of hydrogen-bond donors (Lipinski definition) is 2. The molecule has 0 spiro atoms. The third-order valence-corrected chi connectivity index (χ3v) is 4.06. The second-order valence-electron chi connectivity index (χ2n) is 4.95. The van der Waals surface area contributed by atoms with Crippen molar-refractivity contribution in [3.05, 3.63) is 38.5 Å². The van der Waals surface area contributed by atoms with Crippen LogP contribution in [0.3, 0.4) is 0 Å². The van der Waals surface area contributed by atoms with E-state index >= 15 is 0 Å². The van der Waals surface area contributed by atoms with Crippen molar-refractivity contribution in [2.45, 2.75) is 39.7 Å². The highest BCUT2D eigenvalue weighted by atomic mass is 79.9. The number of aryl methyl sites for hydroxylation is 3. The topological polar surface area (TPSA) is 75.6 Å². The fourth-order valence-electron chi connectivity index (χ4n) is 2.09. The minimum atomic E-state index is -0.0903. The van der Waals surface area contributed by atoms with E-state index in [2.05, 4.69) is 36.5 Å². The summed E-state index contributed by atoms with van der Waals surface area (Å²) in [5, 5.41) is 14.4. The second-order valence-corrected chi connectivity index (χ2v) is 5.74. The van der Waals surface area contributed by atoms with Crippen LogP contribution in [0.4, 0.5) is 5.69 Å². The summed E-state index contributed by atoms with van der Waals surface area (Å²) in [5.41, 5.74) is 3.00. The molecule has 0 unspecified atom stereocenters. The molecule has 2 N–H and O–H groups in total. The van der Waals surface area contributed by atoms with Gasteiger partial charge in [-0.2, -0.15) is 10.2 Å². The first kappa shape index (κ1) is 15.8. The van der Waals surface area contributed by atoms with Crippen molar-refractivity contribution in [2.24, 2.45) is 0 Å². The fourth-order valence-corrected chi connectivity index (χ4v) is 2.54. The van der Waals surface area contributed by atoms with Crippen LogP contribution in [-0.2, 0) is 13.0 Å². The molecule has 0 aliphatic heterocycles. The molecule has 0 aromatic carbocycles. The maximum atomic E-state index is 12.0. The van der Waals surface area contributed by atoms with Gasteiger partial charge in [0.15, 0.2) is 0 Å². The third kappa shape index (κ3) is 3.93. The highest BCUT2D eigenvalue weighted by molar-refractivity contribution is 9.10. The van der Waals surface area contributed by atoms with Gasteiger partial charge in [0.25, 0.3) is 5.56 Å². The normalized spacial score (nSPS) is 10.8. The van der Waals surface area contributed by atoms with Crippen LogP contribution in [0.25, 0.3) is 0 Å². The van der Waals surface area contributed by atoms with E-state index < -0.39 is 0 Å². The van der Waals surface area contributed by atoms with Crippen molar-refractivity contribution in [3.8, 4) is 0 Å². The van der Waals surface area contributed by atoms with E-state index in [1.165, 1.54) is 10.2 Å². The van der Waals surface area contributed by atoms with Crippen molar-refractivity contribution < 1.29 is 0 Å². The average Bonchev–Trinajstić information content (AvgIpc) is 2.88. The lowest BCUT2D eigenvalue weighted by Crippen LogP contribution is -2.24. The zero-order valence-corrected chi connectivity index (χ0v) is 13.9. The summed E-state index contributed by atoms with van der Waals surface area (Å²) in [6.45, 7) is 5.45. The molecule has 0 aliphatic rings. The van der Waals surface area contributed by atoms with E-state index in [9.17, 15) is 4.79 Å². The zero-order chi connectivity index (χ0) is 15.2. The number of hydrogen-bond acceptors (Lipinski definition) is 4. The fraction of sp³-hybridized carbons (Fsp3) is 0.500. The maximum Gasteiger partial charge on any atom is 0.283 e. The quantitative estimate of drug-likeness (QED) is 0.749. The molecule has 2 heterocycles. The molecule has 2 aromatic heterocycles. The van der Waals surface area contributed by atoms with Crippen molar-refractivity contribution in [1.82, 2.24) is 20.0 Å². The van der Waals surface area contributed by atoms with Gasteiger partial charge in [0.2, 0.25) is 0 Å². The molecule has 0 amide bonds. The number of aromatic amines is 1. The summed E-state index contributed by atoms with van der Waals surface area (Å²) in [6, 6.07) is 0. The Bertz CT molecular complexity index is 649. The minimum absolute atomic E-state index is 0.0903. The third-order valence-electron chi connectivity index (χ3n) is 3.29.